The fourth-order valence-electron chi connectivity index (χ4n) is 4.27. The number of ether oxygens (including phenoxy) is 4. The van der Waals surface area contributed by atoms with Gasteiger partial charge in [-0.3, -0.25) is 4.79 Å². The standard InChI is InChI=1S/C25H34O7/c1-9-14(5)22(27)29-18-12-19-24(7,31-19)17(26)11-16(13(3)4)20(21-25(18,8)32-21)30-23(28)15(6)10-2/h9-10,16,18-21H,3,11-12H2,1-2,4-8H3/b14-9-,15-10-/t16-,18-,19+,20-,21+,24-,25+/m0/s1. The van der Waals surface area contributed by atoms with E-state index in [0.29, 0.717) is 23.1 Å². The van der Waals surface area contributed by atoms with E-state index in [-0.39, 0.29) is 18.3 Å². The Morgan fingerprint density at radius 2 is 1.59 bits per heavy atom. The lowest BCUT2D eigenvalue weighted by molar-refractivity contribution is -0.150. The number of ketones is 1. The number of rotatable bonds is 5. The van der Waals surface area contributed by atoms with Crippen LogP contribution in [0.2, 0.25) is 0 Å². The minimum atomic E-state index is -0.958. The minimum Gasteiger partial charge on any atom is -0.456 e. The van der Waals surface area contributed by atoms with Crippen LogP contribution >= 0.6 is 0 Å². The minimum absolute atomic E-state index is 0.0849. The summed E-state index contributed by atoms with van der Waals surface area (Å²) in [5, 5.41) is 0. The Kier molecular flexibility index (Phi) is 6.55. The van der Waals surface area contributed by atoms with Gasteiger partial charge < -0.3 is 18.9 Å². The highest BCUT2D eigenvalue weighted by molar-refractivity contribution is 5.91. The van der Waals surface area contributed by atoms with E-state index >= 15 is 0 Å². The summed E-state index contributed by atoms with van der Waals surface area (Å²) >= 11 is 0. The highest BCUT2D eigenvalue weighted by Gasteiger charge is 2.69. The van der Waals surface area contributed by atoms with Gasteiger partial charge in [-0.2, -0.15) is 0 Å². The summed E-state index contributed by atoms with van der Waals surface area (Å²) in [7, 11) is 0. The average Bonchev–Trinajstić information content (AvgIpc) is 3.62. The van der Waals surface area contributed by atoms with Crippen molar-refractivity contribution in [1.29, 1.82) is 0 Å². The number of esters is 2. The van der Waals surface area contributed by atoms with E-state index in [9.17, 15) is 14.4 Å². The van der Waals surface area contributed by atoms with Gasteiger partial charge in [-0.05, 0) is 48.5 Å². The summed E-state index contributed by atoms with van der Waals surface area (Å²) in [6.07, 6.45) is 1.49. The van der Waals surface area contributed by atoms with Crippen LogP contribution in [0.15, 0.2) is 35.5 Å². The molecule has 0 bridgehead atoms. The fourth-order valence-corrected chi connectivity index (χ4v) is 4.27. The van der Waals surface area contributed by atoms with E-state index in [4.69, 9.17) is 18.9 Å². The van der Waals surface area contributed by atoms with Gasteiger partial charge in [-0.15, -0.1) is 0 Å². The first-order chi connectivity index (χ1) is 14.9. The molecular formula is C25H34O7. The Labute approximate surface area is 189 Å². The van der Waals surface area contributed by atoms with Crippen molar-refractivity contribution in [3.63, 3.8) is 0 Å². The molecular weight excluding hydrogens is 412 g/mol. The second-order valence-corrected chi connectivity index (χ2v) is 9.46. The zero-order valence-corrected chi connectivity index (χ0v) is 20.0. The summed E-state index contributed by atoms with van der Waals surface area (Å²) in [6, 6.07) is 0. The molecule has 2 heterocycles. The Morgan fingerprint density at radius 3 is 2.12 bits per heavy atom. The van der Waals surface area contributed by atoms with Gasteiger partial charge in [0.25, 0.3) is 0 Å². The van der Waals surface area contributed by atoms with Crippen LogP contribution in [-0.2, 0) is 33.3 Å². The van der Waals surface area contributed by atoms with Gasteiger partial charge in [0, 0.05) is 29.9 Å². The molecule has 7 nitrogen and oxygen atoms in total. The second kappa shape index (κ2) is 8.60. The van der Waals surface area contributed by atoms with Crippen LogP contribution in [0.5, 0.6) is 0 Å². The topological polar surface area (TPSA) is 94.7 Å². The van der Waals surface area contributed by atoms with Crippen molar-refractivity contribution in [3.05, 3.63) is 35.5 Å². The molecule has 0 radical (unpaired) electrons. The maximum atomic E-state index is 13.1. The molecule has 0 aromatic heterocycles. The number of fused-ring (bicyclic) bond motifs is 2. The van der Waals surface area contributed by atoms with Gasteiger partial charge in [-0.25, -0.2) is 9.59 Å². The molecule has 0 aromatic carbocycles. The summed E-state index contributed by atoms with van der Waals surface area (Å²) in [5.41, 5.74) is -0.184. The van der Waals surface area contributed by atoms with E-state index in [0.717, 1.165) is 0 Å². The van der Waals surface area contributed by atoms with E-state index in [1.54, 1.807) is 46.8 Å². The Balaban J connectivity index is 1.99. The second-order valence-electron chi connectivity index (χ2n) is 9.46. The summed E-state index contributed by atoms with van der Waals surface area (Å²) in [4.78, 5) is 38.4. The smallest absolute Gasteiger partial charge is 0.333 e. The highest BCUT2D eigenvalue weighted by atomic mass is 16.7. The van der Waals surface area contributed by atoms with Crippen molar-refractivity contribution >= 4 is 17.7 Å². The van der Waals surface area contributed by atoms with Crippen LogP contribution < -0.4 is 0 Å². The molecule has 0 N–H and O–H groups in total. The molecule has 7 heteroatoms. The third kappa shape index (κ3) is 4.33. The third-order valence-corrected chi connectivity index (χ3v) is 7.19. The number of allylic oxidation sites excluding steroid dienone is 2. The SMILES string of the molecule is C=C(C)[C@@H]1CC(=O)[C@]2(C)O[C@@H]2C[C@H](OC(=O)/C(C)=C\C)[C@@]2(C)O[C@@H]2[C@H]1OC(=O)/C(C)=C\C. The molecule has 3 fully saturated rings. The first kappa shape index (κ1) is 24.4. The molecule has 3 rings (SSSR count). The molecule has 7 atom stereocenters. The summed E-state index contributed by atoms with van der Waals surface area (Å²) < 4.78 is 23.6. The molecule has 2 aliphatic heterocycles. The van der Waals surface area contributed by atoms with Crippen LogP contribution in [-0.4, -0.2) is 53.3 Å². The lowest BCUT2D eigenvalue weighted by atomic mass is 9.78. The lowest BCUT2D eigenvalue weighted by Crippen LogP contribution is -2.45. The van der Waals surface area contributed by atoms with Crippen molar-refractivity contribution in [2.75, 3.05) is 0 Å². The van der Waals surface area contributed by atoms with Crippen molar-refractivity contribution in [3.8, 4) is 0 Å². The van der Waals surface area contributed by atoms with E-state index in [2.05, 4.69) is 6.58 Å². The van der Waals surface area contributed by atoms with Gasteiger partial charge in [0.2, 0.25) is 0 Å². The van der Waals surface area contributed by atoms with Gasteiger partial charge in [0.1, 0.15) is 29.5 Å². The molecule has 1 saturated carbocycles. The molecule has 2 saturated heterocycles. The van der Waals surface area contributed by atoms with Gasteiger partial charge in [0.15, 0.2) is 5.78 Å². The van der Waals surface area contributed by atoms with Crippen LogP contribution in [0.25, 0.3) is 0 Å². The number of carbonyl (C=O) groups excluding carboxylic acids is 3. The lowest BCUT2D eigenvalue weighted by Gasteiger charge is -2.30. The molecule has 0 unspecified atom stereocenters. The van der Waals surface area contributed by atoms with Crippen LogP contribution in [0, 0.1) is 5.92 Å². The quantitative estimate of drug-likeness (QED) is 0.275. The monoisotopic (exact) mass is 446 g/mol. The molecule has 0 spiro atoms. The van der Waals surface area contributed by atoms with E-state index in [1.807, 2.05) is 13.8 Å². The Morgan fingerprint density at radius 1 is 1.03 bits per heavy atom. The number of carbonyl (C=O) groups is 3. The predicted molar refractivity (Wildman–Crippen MR) is 118 cm³/mol. The van der Waals surface area contributed by atoms with Crippen LogP contribution in [0.1, 0.15) is 61.3 Å². The third-order valence-electron chi connectivity index (χ3n) is 7.19. The Hall–Kier alpha value is -2.25. The number of hydrogen-bond acceptors (Lipinski definition) is 7. The van der Waals surface area contributed by atoms with Crippen LogP contribution in [0.4, 0.5) is 0 Å². The van der Waals surface area contributed by atoms with Crippen molar-refractivity contribution in [2.45, 2.75) is 96.9 Å². The molecule has 3 aliphatic rings. The van der Waals surface area contributed by atoms with Crippen molar-refractivity contribution in [2.24, 2.45) is 5.92 Å². The van der Waals surface area contributed by atoms with E-state index in [1.165, 1.54) is 0 Å². The zero-order valence-electron chi connectivity index (χ0n) is 20.0. The zero-order chi connectivity index (χ0) is 24.0. The largest absolute Gasteiger partial charge is 0.456 e. The first-order valence-electron chi connectivity index (χ1n) is 11.1. The summed E-state index contributed by atoms with van der Waals surface area (Å²) in [5.74, 6) is -1.46. The van der Waals surface area contributed by atoms with Gasteiger partial charge in [-0.1, -0.05) is 24.3 Å². The maximum absolute atomic E-state index is 13.1. The first-order valence-corrected chi connectivity index (χ1v) is 11.1. The molecule has 0 amide bonds. The van der Waals surface area contributed by atoms with Crippen molar-refractivity contribution in [1.82, 2.24) is 0 Å². The molecule has 32 heavy (non-hydrogen) atoms. The normalized spacial score (nSPS) is 39.3. The molecule has 0 aromatic rings. The molecule has 176 valence electrons. The predicted octanol–water partition coefficient (Wildman–Crippen LogP) is 3.61. The maximum Gasteiger partial charge on any atom is 0.333 e. The van der Waals surface area contributed by atoms with E-state index < -0.39 is 47.4 Å². The number of hydrogen-bond donors (Lipinski definition) is 0. The molecule has 1 aliphatic carbocycles. The number of epoxide rings is 2. The Bertz CT molecular complexity index is 900. The van der Waals surface area contributed by atoms with Gasteiger partial charge >= 0.3 is 11.9 Å². The average molecular weight is 447 g/mol. The number of Topliss-reactive ketones (excluding diaryl/α,β-unsaturated/α-hetero) is 1. The summed E-state index contributed by atoms with van der Waals surface area (Å²) in [6.45, 7) is 16.3. The van der Waals surface area contributed by atoms with Gasteiger partial charge in [0.05, 0.1) is 6.10 Å². The van der Waals surface area contributed by atoms with Crippen molar-refractivity contribution < 1.29 is 33.3 Å². The van der Waals surface area contributed by atoms with Crippen LogP contribution in [0.3, 0.4) is 0 Å². The highest BCUT2D eigenvalue weighted by Crippen LogP contribution is 2.53. The fraction of sp³-hybridized carbons (Fsp3) is 0.640.